The van der Waals surface area contributed by atoms with E-state index in [-0.39, 0.29) is 18.2 Å². The molecule has 7 nitrogen and oxygen atoms in total. The molecule has 0 radical (unpaired) electrons. The number of hydrogen-bond acceptors (Lipinski definition) is 4. The Morgan fingerprint density at radius 2 is 2.05 bits per heavy atom. The van der Waals surface area contributed by atoms with Crippen molar-refractivity contribution in [2.45, 2.75) is 0 Å². The van der Waals surface area contributed by atoms with Crippen molar-refractivity contribution in [2.24, 2.45) is 0 Å². The molecule has 19 heavy (non-hydrogen) atoms. The van der Waals surface area contributed by atoms with Crippen LogP contribution in [0.25, 0.3) is 0 Å². The molecule has 0 atom stereocenters. The Morgan fingerprint density at radius 1 is 1.32 bits per heavy atom. The van der Waals surface area contributed by atoms with Crippen LogP contribution in [0.15, 0.2) is 22.8 Å². The van der Waals surface area contributed by atoms with Gasteiger partial charge in [0.05, 0.1) is 12.8 Å². The summed E-state index contributed by atoms with van der Waals surface area (Å²) in [4.78, 5) is 37.2. The van der Waals surface area contributed by atoms with Gasteiger partial charge in [0.2, 0.25) is 12.3 Å². The van der Waals surface area contributed by atoms with E-state index in [9.17, 15) is 14.4 Å². The van der Waals surface area contributed by atoms with Gasteiger partial charge in [-0.05, 0) is 12.1 Å². The van der Waals surface area contributed by atoms with Gasteiger partial charge in [0.15, 0.2) is 5.76 Å². The minimum absolute atomic E-state index is 0.0688. The average Bonchev–Trinajstić information content (AvgIpc) is 2.98. The fourth-order valence-electron chi connectivity index (χ4n) is 1.84. The number of nitrogens with zero attached hydrogens (tertiary/aromatic N) is 2. The second-order valence-corrected chi connectivity index (χ2v) is 4.18. The van der Waals surface area contributed by atoms with Crippen molar-refractivity contribution in [3.8, 4) is 0 Å². The van der Waals surface area contributed by atoms with Gasteiger partial charge in [-0.3, -0.25) is 14.4 Å². The highest BCUT2D eigenvalue weighted by Crippen LogP contribution is 2.01. The molecule has 1 aromatic heterocycles. The van der Waals surface area contributed by atoms with E-state index in [1.54, 1.807) is 15.9 Å². The topological polar surface area (TPSA) is 82.9 Å². The summed E-state index contributed by atoms with van der Waals surface area (Å²) in [6.45, 7) is 1.98. The Bertz CT molecular complexity index is 450. The number of carbonyl (C=O) groups excluding carboxylic acids is 3. The second kappa shape index (κ2) is 6.03. The lowest BCUT2D eigenvalue weighted by Crippen LogP contribution is -2.50. The predicted molar refractivity (Wildman–Crippen MR) is 65.3 cm³/mol. The number of furan rings is 1. The zero-order valence-electron chi connectivity index (χ0n) is 10.4. The van der Waals surface area contributed by atoms with E-state index in [2.05, 4.69) is 5.32 Å². The molecule has 1 aromatic rings. The largest absolute Gasteiger partial charge is 0.459 e. The molecule has 0 saturated carbocycles. The van der Waals surface area contributed by atoms with E-state index in [1.165, 1.54) is 12.3 Å². The van der Waals surface area contributed by atoms with Gasteiger partial charge < -0.3 is 19.5 Å². The lowest BCUT2D eigenvalue weighted by atomic mass is 10.3. The molecule has 2 heterocycles. The van der Waals surface area contributed by atoms with Crippen LogP contribution < -0.4 is 5.32 Å². The maximum atomic E-state index is 11.8. The number of carbonyl (C=O) groups is 3. The van der Waals surface area contributed by atoms with Crippen molar-refractivity contribution in [2.75, 3.05) is 32.7 Å². The smallest absolute Gasteiger partial charge is 0.287 e. The van der Waals surface area contributed by atoms with Crippen molar-refractivity contribution >= 4 is 18.2 Å². The highest BCUT2D eigenvalue weighted by atomic mass is 16.3. The van der Waals surface area contributed by atoms with Crippen molar-refractivity contribution < 1.29 is 18.8 Å². The summed E-state index contributed by atoms with van der Waals surface area (Å²) >= 11 is 0. The third kappa shape index (κ3) is 3.34. The predicted octanol–water partition coefficient (Wildman–Crippen LogP) is -0.690. The molecule has 0 bridgehead atoms. The van der Waals surface area contributed by atoms with Gasteiger partial charge in [0, 0.05) is 26.2 Å². The van der Waals surface area contributed by atoms with Crippen LogP contribution in [0.3, 0.4) is 0 Å². The Morgan fingerprint density at radius 3 is 2.63 bits per heavy atom. The molecule has 1 aliphatic heterocycles. The van der Waals surface area contributed by atoms with Crippen molar-refractivity contribution in [1.29, 1.82) is 0 Å². The van der Waals surface area contributed by atoms with Gasteiger partial charge in [-0.15, -0.1) is 0 Å². The Labute approximate surface area is 110 Å². The van der Waals surface area contributed by atoms with Gasteiger partial charge in [0.25, 0.3) is 5.91 Å². The summed E-state index contributed by atoms with van der Waals surface area (Å²) in [6.07, 6.45) is 2.18. The van der Waals surface area contributed by atoms with Crippen molar-refractivity contribution in [3.63, 3.8) is 0 Å². The van der Waals surface area contributed by atoms with Crippen LogP contribution in [-0.2, 0) is 9.59 Å². The summed E-state index contributed by atoms with van der Waals surface area (Å²) in [5.41, 5.74) is 0. The third-order valence-corrected chi connectivity index (χ3v) is 2.96. The van der Waals surface area contributed by atoms with Gasteiger partial charge in [-0.2, -0.15) is 0 Å². The molecule has 1 saturated heterocycles. The molecular weight excluding hydrogens is 250 g/mol. The highest BCUT2D eigenvalue weighted by molar-refractivity contribution is 5.94. The number of rotatable bonds is 4. The van der Waals surface area contributed by atoms with Crippen LogP contribution in [0.5, 0.6) is 0 Å². The van der Waals surface area contributed by atoms with Crippen LogP contribution in [-0.4, -0.2) is 60.7 Å². The molecule has 1 aliphatic rings. The van der Waals surface area contributed by atoms with Crippen LogP contribution >= 0.6 is 0 Å². The van der Waals surface area contributed by atoms with E-state index in [1.807, 2.05) is 0 Å². The quantitative estimate of drug-likeness (QED) is 0.730. The lowest BCUT2D eigenvalue weighted by Gasteiger charge is -2.32. The summed E-state index contributed by atoms with van der Waals surface area (Å²) in [5, 5.41) is 2.50. The zero-order valence-corrected chi connectivity index (χ0v) is 10.4. The molecule has 0 unspecified atom stereocenters. The first kappa shape index (κ1) is 13.1. The molecule has 2 rings (SSSR count). The molecule has 0 aromatic carbocycles. The van der Waals surface area contributed by atoms with Gasteiger partial charge in [-0.25, -0.2) is 0 Å². The van der Waals surface area contributed by atoms with E-state index in [4.69, 9.17) is 4.42 Å². The SMILES string of the molecule is O=CN1CCN(C(=O)CNC(=O)c2ccco2)CC1. The maximum absolute atomic E-state index is 11.8. The minimum Gasteiger partial charge on any atom is -0.459 e. The molecule has 3 amide bonds. The van der Waals surface area contributed by atoms with E-state index < -0.39 is 5.91 Å². The molecule has 102 valence electrons. The first-order chi connectivity index (χ1) is 9.20. The molecule has 0 aliphatic carbocycles. The molecule has 1 N–H and O–H groups in total. The van der Waals surface area contributed by atoms with E-state index in [0.717, 1.165) is 6.41 Å². The van der Waals surface area contributed by atoms with Crippen molar-refractivity contribution in [1.82, 2.24) is 15.1 Å². The minimum atomic E-state index is -0.412. The zero-order chi connectivity index (χ0) is 13.7. The number of piperazine rings is 1. The number of amides is 3. The Kier molecular flexibility index (Phi) is 4.17. The Hall–Kier alpha value is -2.31. The standard InChI is InChI=1S/C12H15N3O4/c16-9-14-3-5-15(6-4-14)11(17)8-13-12(18)10-2-1-7-19-10/h1-2,7,9H,3-6,8H2,(H,13,18). The monoisotopic (exact) mass is 265 g/mol. The van der Waals surface area contributed by atoms with Crippen LogP contribution in [0.4, 0.5) is 0 Å². The van der Waals surface area contributed by atoms with Gasteiger partial charge in [0.1, 0.15) is 0 Å². The molecule has 1 fully saturated rings. The van der Waals surface area contributed by atoms with Gasteiger partial charge >= 0.3 is 0 Å². The fraction of sp³-hybridized carbons (Fsp3) is 0.417. The van der Waals surface area contributed by atoms with Crippen molar-refractivity contribution in [3.05, 3.63) is 24.2 Å². The molecule has 7 heteroatoms. The first-order valence-electron chi connectivity index (χ1n) is 5.99. The van der Waals surface area contributed by atoms with Crippen LogP contribution in [0, 0.1) is 0 Å². The van der Waals surface area contributed by atoms with E-state index in [0.29, 0.717) is 26.2 Å². The first-order valence-corrected chi connectivity index (χ1v) is 5.99. The number of hydrogen-bond donors (Lipinski definition) is 1. The maximum Gasteiger partial charge on any atom is 0.287 e. The fourth-order valence-corrected chi connectivity index (χ4v) is 1.84. The Balaban J connectivity index is 1.76. The molecular formula is C12H15N3O4. The van der Waals surface area contributed by atoms with Crippen LogP contribution in [0.1, 0.15) is 10.6 Å². The normalized spacial score (nSPS) is 15.2. The van der Waals surface area contributed by atoms with Crippen LogP contribution in [0.2, 0.25) is 0 Å². The third-order valence-electron chi connectivity index (χ3n) is 2.96. The average molecular weight is 265 g/mol. The summed E-state index contributed by atoms with van der Waals surface area (Å²) in [7, 11) is 0. The second-order valence-electron chi connectivity index (χ2n) is 4.18. The molecule has 0 spiro atoms. The summed E-state index contributed by atoms with van der Waals surface area (Å²) in [5.74, 6) is -0.395. The highest BCUT2D eigenvalue weighted by Gasteiger charge is 2.20. The number of nitrogens with one attached hydrogen (secondary N) is 1. The summed E-state index contributed by atoms with van der Waals surface area (Å²) in [6, 6.07) is 3.14. The lowest BCUT2D eigenvalue weighted by molar-refractivity contribution is -0.134. The van der Waals surface area contributed by atoms with E-state index >= 15 is 0 Å². The summed E-state index contributed by atoms with van der Waals surface area (Å²) < 4.78 is 4.92. The van der Waals surface area contributed by atoms with Gasteiger partial charge in [-0.1, -0.05) is 0 Å².